The second-order valence-corrected chi connectivity index (χ2v) is 5.40. The number of aromatic nitrogens is 2. The molecule has 2 rings (SSSR count). The Morgan fingerprint density at radius 2 is 2.05 bits per heavy atom. The van der Waals surface area contributed by atoms with Gasteiger partial charge in [-0.15, -0.1) is 11.3 Å². The Bertz CT molecular complexity index is 780. The van der Waals surface area contributed by atoms with E-state index in [0.29, 0.717) is 0 Å². The predicted molar refractivity (Wildman–Crippen MR) is 78.0 cm³/mol. The molecule has 0 aliphatic heterocycles. The minimum Gasteiger partial charge on any atom is -0.363 e. The van der Waals surface area contributed by atoms with E-state index in [-0.39, 0.29) is 17.4 Å². The lowest BCUT2D eigenvalue weighted by atomic mass is 10.2. The Morgan fingerprint density at radius 1 is 1.35 bits per heavy atom. The van der Waals surface area contributed by atoms with E-state index < -0.39 is 11.2 Å². The number of thiophene rings is 1. The molecule has 0 radical (unpaired) electrons. The van der Waals surface area contributed by atoms with Gasteiger partial charge in [-0.05, 0) is 18.4 Å². The normalized spacial score (nSPS) is 11.9. The van der Waals surface area contributed by atoms with Gasteiger partial charge >= 0.3 is 5.69 Å². The van der Waals surface area contributed by atoms with Gasteiger partial charge in [-0.1, -0.05) is 6.07 Å². The Balaban J connectivity index is 2.55. The van der Waals surface area contributed by atoms with Gasteiger partial charge in [0.15, 0.2) is 5.56 Å². The molecule has 20 heavy (non-hydrogen) atoms. The van der Waals surface area contributed by atoms with E-state index in [2.05, 4.69) is 5.32 Å². The third-order valence-electron chi connectivity index (χ3n) is 3.10. The quantitative estimate of drug-likeness (QED) is 0.921. The molecule has 0 fully saturated rings. The molecular formula is C13H14N4O2S. The topological polar surface area (TPSA) is 79.8 Å². The molecule has 0 amide bonds. The molecule has 2 aromatic rings. The van der Waals surface area contributed by atoms with Crippen LogP contribution in [0.1, 0.15) is 23.4 Å². The number of hydrogen-bond acceptors (Lipinski definition) is 5. The van der Waals surface area contributed by atoms with Crippen molar-refractivity contribution >= 4 is 17.2 Å². The molecule has 0 spiro atoms. The lowest BCUT2D eigenvalue weighted by molar-refractivity contribution is 0.679. The van der Waals surface area contributed by atoms with E-state index in [0.717, 1.165) is 9.44 Å². The van der Waals surface area contributed by atoms with Crippen molar-refractivity contribution in [3.05, 3.63) is 48.8 Å². The van der Waals surface area contributed by atoms with Crippen molar-refractivity contribution in [3.63, 3.8) is 0 Å². The van der Waals surface area contributed by atoms with E-state index in [1.807, 2.05) is 30.5 Å². The largest absolute Gasteiger partial charge is 0.363 e. The summed E-state index contributed by atoms with van der Waals surface area (Å²) in [6.07, 6.45) is 0. The van der Waals surface area contributed by atoms with E-state index in [9.17, 15) is 9.59 Å². The van der Waals surface area contributed by atoms with Crippen molar-refractivity contribution in [2.75, 3.05) is 5.32 Å². The predicted octanol–water partition coefficient (Wildman–Crippen LogP) is 1.19. The Hall–Kier alpha value is -2.33. The zero-order chi connectivity index (χ0) is 14.9. The highest BCUT2D eigenvalue weighted by molar-refractivity contribution is 7.10. The van der Waals surface area contributed by atoms with Crippen LogP contribution in [0.4, 0.5) is 5.82 Å². The number of nitrogens with one attached hydrogen (secondary N) is 1. The maximum atomic E-state index is 12.0. The maximum Gasteiger partial charge on any atom is 0.332 e. The smallest absolute Gasteiger partial charge is 0.332 e. The van der Waals surface area contributed by atoms with Gasteiger partial charge in [0.2, 0.25) is 0 Å². The van der Waals surface area contributed by atoms with Gasteiger partial charge in [-0.2, -0.15) is 5.26 Å². The van der Waals surface area contributed by atoms with E-state index in [4.69, 9.17) is 5.26 Å². The van der Waals surface area contributed by atoms with Crippen LogP contribution in [0.25, 0.3) is 0 Å². The summed E-state index contributed by atoms with van der Waals surface area (Å²) in [5, 5.41) is 14.2. The molecular weight excluding hydrogens is 276 g/mol. The summed E-state index contributed by atoms with van der Waals surface area (Å²) in [6, 6.07) is 5.65. The second kappa shape index (κ2) is 5.35. The van der Waals surface area contributed by atoms with E-state index >= 15 is 0 Å². The molecule has 0 unspecified atom stereocenters. The SMILES string of the molecule is C[C@@H](Nc1c(C#N)c(=O)n(C)c(=O)n1C)c1cccs1. The monoisotopic (exact) mass is 290 g/mol. The molecule has 0 aliphatic carbocycles. The molecule has 2 heterocycles. The third kappa shape index (κ3) is 2.26. The average molecular weight is 290 g/mol. The first-order chi connectivity index (χ1) is 9.47. The number of nitrogens with zero attached hydrogens (tertiary/aromatic N) is 3. The number of rotatable bonds is 3. The summed E-state index contributed by atoms with van der Waals surface area (Å²) in [7, 11) is 2.89. The first-order valence-corrected chi connectivity index (χ1v) is 6.85. The molecule has 0 bridgehead atoms. The lowest BCUT2D eigenvalue weighted by Gasteiger charge is -2.18. The summed E-state index contributed by atoms with van der Waals surface area (Å²) in [5.41, 5.74) is -1.11. The summed E-state index contributed by atoms with van der Waals surface area (Å²) in [4.78, 5) is 24.9. The molecule has 1 atom stereocenters. The van der Waals surface area contributed by atoms with Gasteiger partial charge in [-0.3, -0.25) is 13.9 Å². The number of hydrogen-bond donors (Lipinski definition) is 1. The summed E-state index contributed by atoms with van der Waals surface area (Å²) in [6.45, 7) is 1.91. The van der Waals surface area contributed by atoms with Gasteiger partial charge in [0, 0.05) is 19.0 Å². The number of anilines is 1. The molecule has 2 aromatic heterocycles. The van der Waals surface area contributed by atoms with Crippen LogP contribution in [0.5, 0.6) is 0 Å². The fourth-order valence-corrected chi connectivity index (χ4v) is 2.66. The molecule has 0 saturated carbocycles. The van der Waals surface area contributed by atoms with Crippen LogP contribution in [0.15, 0.2) is 27.1 Å². The van der Waals surface area contributed by atoms with Gasteiger partial charge < -0.3 is 5.32 Å². The van der Waals surface area contributed by atoms with E-state index in [1.54, 1.807) is 11.3 Å². The van der Waals surface area contributed by atoms with Crippen LogP contribution in [-0.4, -0.2) is 9.13 Å². The third-order valence-corrected chi connectivity index (χ3v) is 4.15. The summed E-state index contributed by atoms with van der Waals surface area (Å²) >= 11 is 1.57. The standard InChI is InChI=1S/C13H14N4O2S/c1-8(10-5-4-6-20-10)15-11-9(7-14)12(18)17(3)13(19)16(11)2/h4-6,8,15H,1-3H3/t8-/m1/s1. The van der Waals surface area contributed by atoms with Crippen molar-refractivity contribution in [1.29, 1.82) is 5.26 Å². The van der Waals surface area contributed by atoms with Crippen LogP contribution in [-0.2, 0) is 14.1 Å². The Labute approximate surface area is 119 Å². The Kier molecular flexibility index (Phi) is 3.77. The zero-order valence-electron chi connectivity index (χ0n) is 11.4. The van der Waals surface area contributed by atoms with Gasteiger partial charge in [-0.25, -0.2) is 4.79 Å². The van der Waals surface area contributed by atoms with Gasteiger partial charge in [0.05, 0.1) is 6.04 Å². The van der Waals surface area contributed by atoms with Gasteiger partial charge in [0.25, 0.3) is 5.56 Å². The van der Waals surface area contributed by atoms with Crippen LogP contribution < -0.4 is 16.6 Å². The average Bonchev–Trinajstić information content (AvgIpc) is 2.97. The molecule has 6 nitrogen and oxygen atoms in total. The Morgan fingerprint density at radius 3 is 2.60 bits per heavy atom. The molecule has 104 valence electrons. The van der Waals surface area contributed by atoms with Crippen molar-refractivity contribution in [2.24, 2.45) is 14.1 Å². The van der Waals surface area contributed by atoms with Crippen molar-refractivity contribution in [3.8, 4) is 6.07 Å². The highest BCUT2D eigenvalue weighted by Gasteiger charge is 2.17. The highest BCUT2D eigenvalue weighted by Crippen LogP contribution is 2.23. The van der Waals surface area contributed by atoms with Crippen molar-refractivity contribution in [2.45, 2.75) is 13.0 Å². The molecule has 0 saturated heterocycles. The zero-order valence-corrected chi connectivity index (χ0v) is 12.2. The summed E-state index contributed by atoms with van der Waals surface area (Å²) < 4.78 is 2.21. The minimum atomic E-state index is -0.587. The highest BCUT2D eigenvalue weighted by atomic mass is 32.1. The second-order valence-electron chi connectivity index (χ2n) is 4.42. The van der Waals surface area contributed by atoms with Crippen LogP contribution in [0.3, 0.4) is 0 Å². The molecule has 0 aromatic carbocycles. The van der Waals surface area contributed by atoms with Crippen LogP contribution in [0, 0.1) is 11.3 Å². The molecule has 0 aliphatic rings. The molecule has 7 heteroatoms. The lowest BCUT2D eigenvalue weighted by Crippen LogP contribution is -2.40. The summed E-state index contributed by atoms with van der Waals surface area (Å²) in [5.74, 6) is 0.251. The first kappa shape index (κ1) is 14.1. The van der Waals surface area contributed by atoms with Crippen molar-refractivity contribution in [1.82, 2.24) is 9.13 Å². The van der Waals surface area contributed by atoms with Crippen LogP contribution >= 0.6 is 11.3 Å². The fraction of sp³-hybridized carbons (Fsp3) is 0.308. The minimum absolute atomic E-state index is 0.0574. The van der Waals surface area contributed by atoms with Gasteiger partial charge in [0.1, 0.15) is 11.9 Å². The molecule has 1 N–H and O–H groups in total. The van der Waals surface area contributed by atoms with Crippen molar-refractivity contribution < 1.29 is 0 Å². The first-order valence-electron chi connectivity index (χ1n) is 5.97. The fourth-order valence-electron chi connectivity index (χ4n) is 1.93. The van der Waals surface area contributed by atoms with Crippen LogP contribution in [0.2, 0.25) is 0 Å². The number of nitriles is 1. The van der Waals surface area contributed by atoms with E-state index in [1.165, 1.54) is 18.7 Å². The maximum absolute atomic E-state index is 12.0.